The fourth-order valence-electron chi connectivity index (χ4n) is 10.1. The van der Waals surface area contributed by atoms with Crippen molar-refractivity contribution in [3.63, 3.8) is 0 Å². The molecule has 4 aliphatic rings. The van der Waals surface area contributed by atoms with E-state index in [9.17, 15) is 21.6 Å². The molecule has 11 nitrogen and oxygen atoms in total. The highest BCUT2D eigenvalue weighted by Gasteiger charge is 2.58. The SMILES string of the molecule is C=C(OS(=O)(=O)C(F)(F)F)[C@H](C)C[C@H]1CC[C@@H]2O[C@@H](CCC/C=C/[C@H](O[Si](C)(C)C(C)(C)C)[C@@H]3O[C@H]4CC[C@H](CCO[Si](CC)(CC)CC)O[C@@H]4[C@H](O[Si](C)(C)C(C)(C)C)[C@@H]3O[Si](C)(C)C(C)(C)C)C[C@]2(CI)O1. The van der Waals surface area contributed by atoms with E-state index in [0.717, 1.165) is 63.1 Å². The van der Waals surface area contributed by atoms with Gasteiger partial charge in [-0.25, -0.2) is 0 Å². The number of halogens is 4. The van der Waals surface area contributed by atoms with Crippen molar-refractivity contribution < 1.29 is 62.4 Å². The normalized spacial score (nSPS) is 30.0. The second kappa shape index (κ2) is 25.6. The van der Waals surface area contributed by atoms with E-state index in [4.69, 9.17) is 36.7 Å². The van der Waals surface area contributed by atoms with Crippen molar-refractivity contribution >= 4 is 66.0 Å². The Labute approximate surface area is 465 Å². The molecule has 0 radical (unpaired) electrons. The Bertz CT molecular complexity index is 1940. The Morgan fingerprint density at radius 2 is 1.32 bits per heavy atom. The number of rotatable bonds is 25. The molecule has 0 aromatic rings. The van der Waals surface area contributed by atoms with Gasteiger partial charge in [-0.15, -0.1) is 0 Å². The van der Waals surface area contributed by atoms with Crippen molar-refractivity contribution in [3.05, 3.63) is 24.5 Å². The second-order valence-electron chi connectivity index (χ2n) is 26.8. The number of ether oxygens (including phenoxy) is 4. The molecular weight excluding hydrogens is 1150 g/mol. The molecule has 74 heavy (non-hydrogen) atoms. The highest BCUT2D eigenvalue weighted by Crippen LogP contribution is 2.49. The van der Waals surface area contributed by atoms with Gasteiger partial charge in [0.25, 0.3) is 0 Å². The van der Waals surface area contributed by atoms with Crippen molar-refractivity contribution in [2.45, 2.75) is 299 Å². The maximum absolute atomic E-state index is 13.0. The molecule has 20 heteroatoms. The lowest BCUT2D eigenvalue weighted by Crippen LogP contribution is -2.69. The van der Waals surface area contributed by atoms with Crippen molar-refractivity contribution in [1.29, 1.82) is 0 Å². The van der Waals surface area contributed by atoms with Gasteiger partial charge < -0.3 is 40.8 Å². The third kappa shape index (κ3) is 16.5. The van der Waals surface area contributed by atoms with Crippen LogP contribution in [-0.4, -0.2) is 125 Å². The highest BCUT2D eigenvalue weighted by molar-refractivity contribution is 14.1. The van der Waals surface area contributed by atoms with E-state index in [0.29, 0.717) is 23.9 Å². The van der Waals surface area contributed by atoms with Gasteiger partial charge in [0.05, 0.1) is 36.6 Å². The van der Waals surface area contributed by atoms with E-state index in [2.05, 4.69) is 168 Å². The first-order chi connectivity index (χ1) is 33.7. The first-order valence-corrected chi connectivity index (χ1v) is 42.2. The van der Waals surface area contributed by atoms with Crippen LogP contribution in [0.2, 0.25) is 72.5 Å². The van der Waals surface area contributed by atoms with Crippen molar-refractivity contribution in [1.82, 2.24) is 0 Å². The summed E-state index contributed by atoms with van der Waals surface area (Å²) in [5.41, 5.74) is -6.08. The van der Waals surface area contributed by atoms with Gasteiger partial charge in [0.2, 0.25) is 0 Å². The molecule has 0 amide bonds. The largest absolute Gasteiger partial charge is 0.534 e. The van der Waals surface area contributed by atoms with E-state index in [1.54, 1.807) is 6.92 Å². The van der Waals surface area contributed by atoms with Gasteiger partial charge in [-0.3, -0.25) is 0 Å². The van der Waals surface area contributed by atoms with Crippen LogP contribution in [0.25, 0.3) is 0 Å². The fourth-order valence-corrected chi connectivity index (χ4v) is 18.1. The molecule has 0 saturated carbocycles. The third-order valence-electron chi connectivity index (χ3n) is 18.4. The van der Waals surface area contributed by atoms with Crippen LogP contribution in [0.3, 0.4) is 0 Å². The van der Waals surface area contributed by atoms with E-state index in [1.807, 2.05) is 0 Å². The van der Waals surface area contributed by atoms with E-state index >= 15 is 0 Å². The van der Waals surface area contributed by atoms with Crippen molar-refractivity contribution in [2.24, 2.45) is 5.92 Å². The molecule has 4 aliphatic heterocycles. The molecule has 4 heterocycles. The van der Waals surface area contributed by atoms with Crippen LogP contribution in [0.5, 0.6) is 0 Å². The molecule has 4 fully saturated rings. The molecule has 4 rings (SSSR count). The Morgan fingerprint density at radius 1 is 0.770 bits per heavy atom. The van der Waals surface area contributed by atoms with E-state index < -0.39 is 84.5 Å². The van der Waals surface area contributed by atoms with Gasteiger partial charge >= 0.3 is 15.6 Å². The summed E-state index contributed by atoms with van der Waals surface area (Å²) in [6, 6.07) is 3.37. The van der Waals surface area contributed by atoms with Gasteiger partial charge in [0, 0.05) is 23.4 Å². The number of alkyl halides is 4. The minimum Gasteiger partial charge on any atom is -0.417 e. The molecule has 0 aliphatic carbocycles. The molecule has 0 N–H and O–H groups in total. The summed E-state index contributed by atoms with van der Waals surface area (Å²) in [6.45, 7) is 47.2. The van der Waals surface area contributed by atoms with Crippen LogP contribution < -0.4 is 0 Å². The molecule has 0 aromatic carbocycles. The van der Waals surface area contributed by atoms with Gasteiger partial charge in [-0.05, 0) is 130 Å². The summed E-state index contributed by atoms with van der Waals surface area (Å²) >= 11 is 2.34. The number of fused-ring (bicyclic) bond motifs is 2. The summed E-state index contributed by atoms with van der Waals surface area (Å²) in [5.74, 6) is -1.12. The Morgan fingerprint density at radius 3 is 1.85 bits per heavy atom. The standard InChI is InChI=1S/C54H102F3IO11SSi4/c1-21-74(22-2,23-3)61-34-33-40-29-31-43-46(63-40)48(68-72(17,18)51(9,10)11)49(69-73(19,20)52(12,13)14)47(64-43)44(67-71(15,16)50(6,7)8)28-26-24-25-27-42-36-53(37-58)45(62-42)32-30-41(65-53)35-38(4)39(5)66-70(59,60)54(55,56)57/h26,28,38,40-49H,5,21-25,27,29-37H2,1-4,6-20H3/b28-26+/t38-,40-,41-,42+,43+,44+,45+,46+,47+,48+,49-,53-/m1/s1. The van der Waals surface area contributed by atoms with Crippen LogP contribution in [-0.2, 0) is 51.0 Å². The van der Waals surface area contributed by atoms with Gasteiger partial charge in [-0.2, -0.15) is 21.6 Å². The van der Waals surface area contributed by atoms with Crippen molar-refractivity contribution in [2.75, 3.05) is 11.0 Å². The highest BCUT2D eigenvalue weighted by atomic mass is 127. The minimum atomic E-state index is -5.79. The lowest BCUT2D eigenvalue weighted by molar-refractivity contribution is -0.267. The third-order valence-corrected chi connectivity index (χ3v) is 38.8. The number of unbranched alkanes of at least 4 members (excludes halogenated alkanes) is 1. The second-order valence-corrected chi connectivity index (χ2v) is 48.1. The molecule has 0 aromatic heterocycles. The molecule has 12 atom stereocenters. The maximum atomic E-state index is 13.0. The zero-order valence-electron chi connectivity index (χ0n) is 49.2. The predicted molar refractivity (Wildman–Crippen MR) is 312 cm³/mol. The van der Waals surface area contributed by atoms with Gasteiger partial charge in [-0.1, -0.05) is 131 Å². The quantitative estimate of drug-likeness (QED) is 0.0127. The maximum Gasteiger partial charge on any atom is 0.534 e. The molecular formula is C54H102F3IO11SSi4. The zero-order valence-corrected chi connectivity index (χ0v) is 56.2. The average molecular weight is 1260 g/mol. The zero-order chi connectivity index (χ0) is 56.3. The number of hydrogen-bond acceptors (Lipinski definition) is 11. The Balaban J connectivity index is 1.61. The fraction of sp³-hybridized carbons (Fsp3) is 0.926. The van der Waals surface area contributed by atoms with Crippen LogP contribution in [0.4, 0.5) is 13.2 Å². The number of hydrogen-bond donors (Lipinski definition) is 0. The first kappa shape index (κ1) is 66.8. The molecule has 0 spiro atoms. The van der Waals surface area contributed by atoms with Crippen LogP contribution in [0.1, 0.15) is 154 Å². The molecule has 0 bridgehead atoms. The van der Waals surface area contributed by atoms with Gasteiger partial charge in [0.15, 0.2) is 33.3 Å². The topological polar surface area (TPSA) is 117 Å². The molecule has 0 unspecified atom stereocenters. The van der Waals surface area contributed by atoms with E-state index in [-0.39, 0.29) is 64.3 Å². The predicted octanol–water partition coefficient (Wildman–Crippen LogP) is 15.5. The lowest BCUT2D eigenvalue weighted by Gasteiger charge is -2.56. The summed E-state index contributed by atoms with van der Waals surface area (Å²) in [5, 5.41) is -0.215. The average Bonchev–Trinajstić information content (AvgIpc) is 3.64. The summed E-state index contributed by atoms with van der Waals surface area (Å²) < 4.78 is 125. The smallest absolute Gasteiger partial charge is 0.417 e. The first-order valence-electron chi connectivity index (χ1n) is 28.0. The summed E-state index contributed by atoms with van der Waals surface area (Å²) in [6.07, 6.45) is 9.33. The van der Waals surface area contributed by atoms with Crippen LogP contribution in [0, 0.1) is 5.92 Å². The summed E-state index contributed by atoms with van der Waals surface area (Å²) in [4.78, 5) is 0. The minimum absolute atomic E-state index is 0.0284. The van der Waals surface area contributed by atoms with E-state index in [1.165, 1.54) is 0 Å². The molecule has 434 valence electrons. The van der Waals surface area contributed by atoms with Crippen LogP contribution >= 0.6 is 22.6 Å². The van der Waals surface area contributed by atoms with Crippen molar-refractivity contribution in [3.8, 4) is 0 Å². The molecule has 4 saturated heterocycles. The lowest BCUT2D eigenvalue weighted by atomic mass is 9.85. The number of allylic oxidation sites excluding steroid dienone is 2. The summed E-state index contributed by atoms with van der Waals surface area (Å²) in [7, 11) is -14.8. The monoisotopic (exact) mass is 1250 g/mol. The van der Waals surface area contributed by atoms with Gasteiger partial charge in [0.1, 0.15) is 35.8 Å². The Hall–Kier alpha value is 0.298. The Kier molecular flexibility index (Phi) is 23.1. The van der Waals surface area contributed by atoms with Crippen LogP contribution in [0.15, 0.2) is 24.5 Å².